The number of benzene rings is 1. The average Bonchev–Trinajstić information content (AvgIpc) is 2.05. The lowest BCUT2D eigenvalue weighted by Gasteiger charge is -2.04. The molecule has 0 atom stereocenters. The molecular weight excluding hydrogens is 246 g/mol. The summed E-state index contributed by atoms with van der Waals surface area (Å²) in [5.41, 5.74) is -0.691. The quantitative estimate of drug-likeness (QED) is 0.612. The van der Waals surface area contributed by atoms with E-state index in [1.807, 2.05) is 4.72 Å². The average molecular weight is 252 g/mol. The standard InChI is InChI=1S/C6H6ClN3O4S/c7-4-1-2-5(9-15(8,13)14)6(3-4)10(11)12/h1-3,9H,(H2,8,13,14). The Bertz CT molecular complexity index is 501. The molecule has 82 valence electrons. The molecule has 0 saturated carbocycles. The Morgan fingerprint density at radius 1 is 1.47 bits per heavy atom. The lowest BCUT2D eigenvalue weighted by Crippen LogP contribution is -2.22. The Labute approximate surface area is 90.2 Å². The fourth-order valence-corrected chi connectivity index (χ4v) is 1.54. The molecule has 0 aliphatic heterocycles. The first-order valence-electron chi connectivity index (χ1n) is 3.54. The van der Waals surface area contributed by atoms with Crippen LogP contribution in [0.25, 0.3) is 0 Å². The number of nitrogens with zero attached hydrogens (tertiary/aromatic N) is 1. The summed E-state index contributed by atoms with van der Waals surface area (Å²) in [6.07, 6.45) is 0. The van der Waals surface area contributed by atoms with Crippen molar-refractivity contribution >= 4 is 33.2 Å². The number of rotatable bonds is 3. The Morgan fingerprint density at radius 3 is 2.53 bits per heavy atom. The van der Waals surface area contributed by atoms with E-state index in [0.717, 1.165) is 12.1 Å². The molecule has 1 aromatic rings. The zero-order valence-electron chi connectivity index (χ0n) is 7.18. The Hall–Kier alpha value is -1.38. The van der Waals surface area contributed by atoms with Crippen molar-refractivity contribution in [3.8, 4) is 0 Å². The van der Waals surface area contributed by atoms with Crippen LogP contribution in [0.15, 0.2) is 18.2 Å². The Kier molecular flexibility index (Phi) is 3.12. The summed E-state index contributed by atoms with van der Waals surface area (Å²) in [5.74, 6) is 0. The summed E-state index contributed by atoms with van der Waals surface area (Å²) in [7, 11) is -4.04. The summed E-state index contributed by atoms with van der Waals surface area (Å²) in [4.78, 5) is 9.77. The molecule has 1 rings (SSSR count). The fraction of sp³-hybridized carbons (Fsp3) is 0. The second kappa shape index (κ2) is 4.01. The normalized spacial score (nSPS) is 11.1. The van der Waals surface area contributed by atoms with Crippen molar-refractivity contribution < 1.29 is 13.3 Å². The molecule has 3 N–H and O–H groups in total. The molecule has 15 heavy (non-hydrogen) atoms. The van der Waals surface area contributed by atoms with Gasteiger partial charge >= 0.3 is 0 Å². The van der Waals surface area contributed by atoms with E-state index < -0.39 is 20.8 Å². The van der Waals surface area contributed by atoms with E-state index >= 15 is 0 Å². The van der Waals surface area contributed by atoms with Crippen LogP contribution < -0.4 is 9.86 Å². The number of halogens is 1. The maximum Gasteiger partial charge on any atom is 0.296 e. The van der Waals surface area contributed by atoms with Gasteiger partial charge in [0.1, 0.15) is 5.69 Å². The Morgan fingerprint density at radius 2 is 2.07 bits per heavy atom. The van der Waals surface area contributed by atoms with E-state index in [2.05, 4.69) is 5.14 Å². The highest BCUT2D eigenvalue weighted by molar-refractivity contribution is 7.90. The van der Waals surface area contributed by atoms with Crippen molar-refractivity contribution in [2.24, 2.45) is 5.14 Å². The molecule has 0 aliphatic rings. The Balaban J connectivity index is 3.24. The molecule has 0 aromatic heterocycles. The third-order valence-corrected chi connectivity index (χ3v) is 2.15. The predicted octanol–water partition coefficient (Wildman–Crippen LogP) is 0.864. The van der Waals surface area contributed by atoms with Crippen molar-refractivity contribution in [3.05, 3.63) is 33.3 Å². The molecule has 1 aromatic carbocycles. The van der Waals surface area contributed by atoms with Gasteiger partial charge in [0.25, 0.3) is 15.9 Å². The lowest BCUT2D eigenvalue weighted by molar-refractivity contribution is -0.383. The summed E-state index contributed by atoms with van der Waals surface area (Å²) in [5, 5.41) is 15.3. The van der Waals surface area contributed by atoms with Gasteiger partial charge in [0, 0.05) is 11.1 Å². The van der Waals surface area contributed by atoms with E-state index in [4.69, 9.17) is 11.6 Å². The maximum absolute atomic E-state index is 10.7. The van der Waals surface area contributed by atoms with Gasteiger partial charge in [-0.1, -0.05) is 11.6 Å². The number of anilines is 1. The van der Waals surface area contributed by atoms with Crippen molar-refractivity contribution in [2.45, 2.75) is 0 Å². The minimum absolute atomic E-state index is 0.127. The molecule has 0 radical (unpaired) electrons. The molecule has 0 bridgehead atoms. The van der Waals surface area contributed by atoms with Crippen molar-refractivity contribution in [1.29, 1.82) is 0 Å². The minimum atomic E-state index is -4.04. The van der Waals surface area contributed by atoms with Crippen LogP contribution in [0, 0.1) is 10.1 Å². The van der Waals surface area contributed by atoms with Crippen LogP contribution in [0.3, 0.4) is 0 Å². The first kappa shape index (κ1) is 11.7. The second-order valence-corrected chi connectivity index (χ2v) is 4.30. The summed E-state index contributed by atoms with van der Waals surface area (Å²) in [6.45, 7) is 0. The van der Waals surface area contributed by atoms with E-state index in [1.165, 1.54) is 6.07 Å². The van der Waals surface area contributed by atoms with E-state index in [1.54, 1.807) is 0 Å². The molecular formula is C6H6ClN3O4S. The molecule has 0 unspecified atom stereocenters. The molecule has 9 heteroatoms. The van der Waals surface area contributed by atoms with Crippen molar-refractivity contribution in [2.75, 3.05) is 4.72 Å². The molecule has 0 spiro atoms. The minimum Gasteiger partial charge on any atom is -0.264 e. The van der Waals surface area contributed by atoms with Crippen molar-refractivity contribution in [1.82, 2.24) is 0 Å². The molecule has 0 amide bonds. The van der Waals surface area contributed by atoms with Gasteiger partial charge in [-0.15, -0.1) is 0 Å². The highest BCUT2D eigenvalue weighted by Gasteiger charge is 2.16. The first-order valence-corrected chi connectivity index (χ1v) is 5.46. The van der Waals surface area contributed by atoms with E-state index in [0.29, 0.717) is 0 Å². The largest absolute Gasteiger partial charge is 0.296 e. The third kappa shape index (κ3) is 3.35. The zero-order valence-corrected chi connectivity index (χ0v) is 8.75. The van der Waals surface area contributed by atoms with Gasteiger partial charge < -0.3 is 0 Å². The van der Waals surface area contributed by atoms with Crippen LogP contribution in [-0.4, -0.2) is 13.3 Å². The summed E-state index contributed by atoms with van der Waals surface area (Å²) >= 11 is 5.52. The maximum atomic E-state index is 10.7. The highest BCUT2D eigenvalue weighted by atomic mass is 35.5. The number of nitro benzene ring substituents is 1. The predicted molar refractivity (Wildman–Crippen MR) is 54.8 cm³/mol. The van der Waals surface area contributed by atoms with Crippen LogP contribution >= 0.6 is 11.6 Å². The third-order valence-electron chi connectivity index (χ3n) is 1.41. The number of nitrogens with one attached hydrogen (secondary N) is 1. The van der Waals surface area contributed by atoms with Gasteiger partial charge in [0.15, 0.2) is 0 Å². The lowest BCUT2D eigenvalue weighted by atomic mass is 10.3. The van der Waals surface area contributed by atoms with Gasteiger partial charge in [0.2, 0.25) is 0 Å². The van der Waals surface area contributed by atoms with Crippen LogP contribution in [-0.2, 0) is 10.2 Å². The highest BCUT2D eigenvalue weighted by Crippen LogP contribution is 2.27. The van der Waals surface area contributed by atoms with Crippen LogP contribution in [0.2, 0.25) is 5.02 Å². The molecule has 7 nitrogen and oxygen atoms in total. The SMILES string of the molecule is NS(=O)(=O)Nc1ccc(Cl)cc1[N+](=O)[O-]. The summed E-state index contributed by atoms with van der Waals surface area (Å²) < 4.78 is 23.2. The summed E-state index contributed by atoms with van der Waals surface area (Å²) in [6, 6.07) is 3.49. The van der Waals surface area contributed by atoms with Crippen molar-refractivity contribution in [3.63, 3.8) is 0 Å². The first-order chi connectivity index (χ1) is 6.79. The molecule has 0 fully saturated rings. The number of hydrogen-bond acceptors (Lipinski definition) is 4. The van der Waals surface area contributed by atoms with Gasteiger partial charge in [-0.2, -0.15) is 8.42 Å². The van der Waals surface area contributed by atoms with Crippen LogP contribution in [0.4, 0.5) is 11.4 Å². The monoisotopic (exact) mass is 251 g/mol. The number of hydrogen-bond donors (Lipinski definition) is 2. The van der Waals surface area contributed by atoms with Gasteiger partial charge in [-0.25, -0.2) is 5.14 Å². The van der Waals surface area contributed by atoms with Gasteiger partial charge in [-0.05, 0) is 12.1 Å². The van der Waals surface area contributed by atoms with Gasteiger partial charge in [0.05, 0.1) is 4.92 Å². The van der Waals surface area contributed by atoms with E-state index in [9.17, 15) is 18.5 Å². The van der Waals surface area contributed by atoms with Crippen LogP contribution in [0.5, 0.6) is 0 Å². The molecule has 0 saturated heterocycles. The number of nitro groups is 1. The molecule has 0 aliphatic carbocycles. The number of nitrogens with two attached hydrogens (primary N) is 1. The van der Waals surface area contributed by atoms with E-state index in [-0.39, 0.29) is 10.7 Å². The molecule has 0 heterocycles. The fourth-order valence-electron chi connectivity index (χ4n) is 0.895. The van der Waals surface area contributed by atoms with Gasteiger partial charge in [-0.3, -0.25) is 14.8 Å². The van der Waals surface area contributed by atoms with Crippen LogP contribution in [0.1, 0.15) is 0 Å². The smallest absolute Gasteiger partial charge is 0.264 e. The topological polar surface area (TPSA) is 115 Å². The zero-order chi connectivity index (χ0) is 11.6. The second-order valence-electron chi connectivity index (χ2n) is 2.57.